The van der Waals surface area contributed by atoms with Crippen LogP contribution >= 0.6 is 0 Å². The first kappa shape index (κ1) is 11.9. The summed E-state index contributed by atoms with van der Waals surface area (Å²) >= 11 is 0. The number of halogens is 1. The molecular weight excluding hydrogens is 191 g/mol. The Bertz CT molecular complexity index is 314. The summed E-state index contributed by atoms with van der Waals surface area (Å²) in [4.78, 5) is 11.3. The maximum atomic E-state index is 12.6. The molecule has 82 valence electrons. The fourth-order valence-corrected chi connectivity index (χ4v) is 1.41. The lowest BCUT2D eigenvalue weighted by Gasteiger charge is -2.04. The summed E-state index contributed by atoms with van der Waals surface area (Å²) in [6.07, 6.45) is 2.32. The van der Waals surface area contributed by atoms with Crippen LogP contribution in [-0.4, -0.2) is 5.78 Å². The van der Waals surface area contributed by atoms with Gasteiger partial charge in [-0.2, -0.15) is 0 Å². The van der Waals surface area contributed by atoms with Gasteiger partial charge < -0.3 is 0 Å². The maximum absolute atomic E-state index is 12.6. The Kier molecular flexibility index (Phi) is 4.47. The molecule has 1 nitrogen and oxygen atoms in total. The van der Waals surface area contributed by atoms with Gasteiger partial charge in [0, 0.05) is 12.3 Å². The molecule has 0 atom stereocenters. The first-order chi connectivity index (χ1) is 7.09. The minimum Gasteiger partial charge on any atom is -0.299 e. The molecule has 0 spiro atoms. The summed E-state index contributed by atoms with van der Waals surface area (Å²) in [6, 6.07) is 6.46. The molecule has 0 unspecified atom stereocenters. The lowest BCUT2D eigenvalue weighted by atomic mass is 10.0. The fourth-order valence-electron chi connectivity index (χ4n) is 1.41. The quantitative estimate of drug-likeness (QED) is 0.725. The van der Waals surface area contributed by atoms with Gasteiger partial charge in [-0.3, -0.25) is 4.79 Å². The van der Waals surface area contributed by atoms with Crippen LogP contribution in [0.15, 0.2) is 24.3 Å². The first-order valence-corrected chi connectivity index (χ1v) is 5.36. The Morgan fingerprint density at radius 3 is 2.40 bits per heavy atom. The van der Waals surface area contributed by atoms with Crippen molar-refractivity contribution in [3.63, 3.8) is 0 Å². The molecule has 2 heteroatoms. The van der Waals surface area contributed by atoms with Crippen molar-refractivity contribution in [2.75, 3.05) is 0 Å². The van der Waals surface area contributed by atoms with Crippen LogP contribution < -0.4 is 0 Å². The lowest BCUT2D eigenvalue weighted by molar-refractivity contribution is -0.121. The summed E-state index contributed by atoms with van der Waals surface area (Å²) in [7, 11) is 0. The normalized spacial score (nSPS) is 10.7. The third kappa shape index (κ3) is 4.24. The van der Waals surface area contributed by atoms with Gasteiger partial charge >= 0.3 is 0 Å². The van der Waals surface area contributed by atoms with Crippen LogP contribution in [0.2, 0.25) is 0 Å². The lowest BCUT2D eigenvalue weighted by Crippen LogP contribution is -2.06. The Morgan fingerprint density at radius 1 is 1.27 bits per heavy atom. The number of Topliss-reactive ketones (excluding diaryl/α,β-unsaturated/α-hetero) is 1. The highest BCUT2D eigenvalue weighted by molar-refractivity contribution is 5.80. The predicted molar refractivity (Wildman–Crippen MR) is 59.2 cm³/mol. The number of carbonyl (C=O) groups is 1. The molecule has 0 saturated carbocycles. The number of carbonyl (C=O) groups excluding carboxylic acids is 1. The zero-order valence-corrected chi connectivity index (χ0v) is 9.29. The van der Waals surface area contributed by atoms with E-state index < -0.39 is 0 Å². The van der Waals surface area contributed by atoms with Crippen LogP contribution in [0.3, 0.4) is 0 Å². The molecule has 0 aliphatic rings. The van der Waals surface area contributed by atoms with Gasteiger partial charge in [0.2, 0.25) is 0 Å². The van der Waals surface area contributed by atoms with Gasteiger partial charge in [0.15, 0.2) is 0 Å². The first-order valence-electron chi connectivity index (χ1n) is 5.36. The third-order valence-electron chi connectivity index (χ3n) is 2.45. The molecule has 1 aromatic carbocycles. The highest BCUT2D eigenvalue weighted by Gasteiger charge is 2.06. The van der Waals surface area contributed by atoms with Crippen molar-refractivity contribution in [1.82, 2.24) is 0 Å². The number of aryl methyl sites for hydroxylation is 1. The van der Waals surface area contributed by atoms with E-state index >= 15 is 0 Å². The fraction of sp³-hybridized carbons (Fsp3) is 0.462. The number of hydrogen-bond acceptors (Lipinski definition) is 1. The SMILES string of the molecule is CC(C)C(=O)CCCc1ccc(F)cc1. The topological polar surface area (TPSA) is 17.1 Å². The second-order valence-electron chi connectivity index (χ2n) is 4.10. The largest absolute Gasteiger partial charge is 0.299 e. The van der Waals surface area contributed by atoms with E-state index in [-0.39, 0.29) is 11.7 Å². The van der Waals surface area contributed by atoms with Crippen LogP contribution in [0, 0.1) is 11.7 Å². The molecule has 0 aromatic heterocycles. The average molecular weight is 208 g/mol. The highest BCUT2D eigenvalue weighted by Crippen LogP contribution is 2.09. The van der Waals surface area contributed by atoms with Crippen molar-refractivity contribution in [3.05, 3.63) is 35.6 Å². The Labute approximate surface area is 90.3 Å². The maximum Gasteiger partial charge on any atom is 0.135 e. The van der Waals surface area contributed by atoms with Crippen molar-refractivity contribution in [1.29, 1.82) is 0 Å². The van der Waals surface area contributed by atoms with Crippen molar-refractivity contribution in [3.8, 4) is 0 Å². The highest BCUT2D eigenvalue weighted by atomic mass is 19.1. The van der Waals surface area contributed by atoms with Crippen molar-refractivity contribution in [2.24, 2.45) is 5.92 Å². The van der Waals surface area contributed by atoms with Crippen LogP contribution in [-0.2, 0) is 11.2 Å². The van der Waals surface area contributed by atoms with Gasteiger partial charge in [0.25, 0.3) is 0 Å². The van der Waals surface area contributed by atoms with E-state index in [0.717, 1.165) is 18.4 Å². The molecule has 0 amide bonds. The molecule has 15 heavy (non-hydrogen) atoms. The Hall–Kier alpha value is -1.18. The van der Waals surface area contributed by atoms with E-state index in [2.05, 4.69) is 0 Å². The molecule has 0 heterocycles. The van der Waals surface area contributed by atoms with Crippen LogP contribution in [0.1, 0.15) is 32.3 Å². The standard InChI is InChI=1S/C13H17FO/c1-10(2)13(15)5-3-4-11-6-8-12(14)9-7-11/h6-10H,3-5H2,1-2H3. The van der Waals surface area contributed by atoms with E-state index in [0.29, 0.717) is 12.2 Å². The van der Waals surface area contributed by atoms with Gasteiger partial charge in [-0.25, -0.2) is 4.39 Å². The Balaban J connectivity index is 2.32. The molecular formula is C13H17FO. The van der Waals surface area contributed by atoms with Gasteiger partial charge in [0.1, 0.15) is 11.6 Å². The molecule has 1 rings (SSSR count). The Morgan fingerprint density at radius 2 is 1.87 bits per heavy atom. The molecule has 0 fully saturated rings. The molecule has 0 N–H and O–H groups in total. The van der Waals surface area contributed by atoms with Crippen molar-refractivity contribution < 1.29 is 9.18 Å². The zero-order valence-electron chi connectivity index (χ0n) is 9.29. The summed E-state index contributed by atoms with van der Waals surface area (Å²) in [6.45, 7) is 3.83. The van der Waals surface area contributed by atoms with E-state index in [1.54, 1.807) is 12.1 Å². The minimum atomic E-state index is -0.211. The van der Waals surface area contributed by atoms with Crippen LogP contribution in [0.25, 0.3) is 0 Å². The monoisotopic (exact) mass is 208 g/mol. The van der Waals surface area contributed by atoms with Gasteiger partial charge in [-0.05, 0) is 30.5 Å². The van der Waals surface area contributed by atoms with E-state index in [9.17, 15) is 9.18 Å². The predicted octanol–water partition coefficient (Wildman–Crippen LogP) is 3.37. The van der Waals surface area contributed by atoms with E-state index in [4.69, 9.17) is 0 Å². The third-order valence-corrected chi connectivity index (χ3v) is 2.45. The number of benzene rings is 1. The number of rotatable bonds is 5. The summed E-state index contributed by atoms with van der Waals surface area (Å²) < 4.78 is 12.6. The van der Waals surface area contributed by atoms with E-state index in [1.165, 1.54) is 12.1 Å². The minimum absolute atomic E-state index is 0.123. The summed E-state index contributed by atoms with van der Waals surface area (Å²) in [5.41, 5.74) is 1.09. The van der Waals surface area contributed by atoms with Crippen LogP contribution in [0.4, 0.5) is 4.39 Å². The van der Waals surface area contributed by atoms with Gasteiger partial charge in [-0.1, -0.05) is 26.0 Å². The van der Waals surface area contributed by atoms with E-state index in [1.807, 2.05) is 13.8 Å². The van der Waals surface area contributed by atoms with Gasteiger partial charge in [-0.15, -0.1) is 0 Å². The molecule has 0 radical (unpaired) electrons. The average Bonchev–Trinajstić information content (AvgIpc) is 2.20. The second kappa shape index (κ2) is 5.64. The van der Waals surface area contributed by atoms with Gasteiger partial charge in [0.05, 0.1) is 0 Å². The van der Waals surface area contributed by atoms with Crippen molar-refractivity contribution >= 4 is 5.78 Å². The molecule has 0 bridgehead atoms. The van der Waals surface area contributed by atoms with Crippen molar-refractivity contribution in [2.45, 2.75) is 33.1 Å². The van der Waals surface area contributed by atoms with Crippen LogP contribution in [0.5, 0.6) is 0 Å². The smallest absolute Gasteiger partial charge is 0.135 e. The number of ketones is 1. The zero-order chi connectivity index (χ0) is 11.3. The molecule has 0 aliphatic heterocycles. The molecule has 0 saturated heterocycles. The summed E-state index contributed by atoms with van der Waals surface area (Å²) in [5.74, 6) is 0.215. The summed E-state index contributed by atoms with van der Waals surface area (Å²) in [5, 5.41) is 0. The second-order valence-corrected chi connectivity index (χ2v) is 4.10. The molecule has 1 aromatic rings. The molecule has 0 aliphatic carbocycles. The number of hydrogen-bond donors (Lipinski definition) is 0.